The molecule has 2 heterocycles. The minimum Gasteiger partial charge on any atom is -0.454 e. The van der Waals surface area contributed by atoms with Gasteiger partial charge in [-0.05, 0) is 42.5 Å². The lowest BCUT2D eigenvalue weighted by Gasteiger charge is -2.01. The number of hydrogen-bond donors (Lipinski definition) is 1. The van der Waals surface area contributed by atoms with Crippen molar-refractivity contribution in [3.63, 3.8) is 0 Å². The molecule has 126 valence electrons. The van der Waals surface area contributed by atoms with Gasteiger partial charge in [-0.25, -0.2) is 4.39 Å². The molecule has 1 N–H and O–H groups in total. The zero-order valence-corrected chi connectivity index (χ0v) is 12.9. The summed E-state index contributed by atoms with van der Waals surface area (Å²) in [7, 11) is 0. The van der Waals surface area contributed by atoms with Gasteiger partial charge in [0.25, 0.3) is 5.91 Å². The van der Waals surface area contributed by atoms with E-state index in [0.29, 0.717) is 28.5 Å². The molecule has 0 bridgehead atoms. The number of aromatic nitrogens is 2. The molecule has 3 aromatic rings. The number of rotatable bonds is 4. The normalized spacial score (nSPS) is 12.2. The van der Waals surface area contributed by atoms with E-state index in [1.807, 2.05) is 0 Å². The van der Waals surface area contributed by atoms with Crippen LogP contribution in [0.4, 0.5) is 4.39 Å². The maximum Gasteiger partial charge on any atom is 0.251 e. The summed E-state index contributed by atoms with van der Waals surface area (Å²) in [5.41, 5.74) is 1.06. The summed E-state index contributed by atoms with van der Waals surface area (Å²) in [5, 5.41) is 6.53. The van der Waals surface area contributed by atoms with Gasteiger partial charge in [-0.2, -0.15) is 4.98 Å². The molecule has 8 heteroatoms. The standard InChI is InChI=1S/C17H12FN3O4/c18-12-4-1-10(2-5-12)17(22)19-8-15-20-16(21-25-15)11-3-6-13-14(7-11)24-9-23-13/h1-7H,8-9H2,(H,19,22). The first kappa shape index (κ1) is 15.1. The Labute approximate surface area is 141 Å². The van der Waals surface area contributed by atoms with Crippen LogP contribution in [-0.2, 0) is 6.54 Å². The average Bonchev–Trinajstić information content (AvgIpc) is 3.28. The van der Waals surface area contributed by atoms with Crippen molar-refractivity contribution in [3.8, 4) is 22.9 Å². The highest BCUT2D eigenvalue weighted by atomic mass is 19.1. The maximum absolute atomic E-state index is 12.9. The molecule has 4 rings (SSSR count). The van der Waals surface area contributed by atoms with Gasteiger partial charge in [-0.1, -0.05) is 5.16 Å². The number of benzene rings is 2. The van der Waals surface area contributed by atoms with Crippen LogP contribution in [0.2, 0.25) is 0 Å². The Morgan fingerprint density at radius 2 is 1.92 bits per heavy atom. The lowest BCUT2D eigenvalue weighted by molar-refractivity contribution is 0.0946. The van der Waals surface area contributed by atoms with Crippen molar-refractivity contribution in [2.24, 2.45) is 0 Å². The van der Waals surface area contributed by atoms with E-state index in [4.69, 9.17) is 14.0 Å². The minimum atomic E-state index is -0.401. The number of carbonyl (C=O) groups is 1. The SMILES string of the molecule is O=C(NCc1nc(-c2ccc3c(c2)OCO3)no1)c1ccc(F)cc1. The Morgan fingerprint density at radius 3 is 2.76 bits per heavy atom. The summed E-state index contributed by atoms with van der Waals surface area (Å²) >= 11 is 0. The number of amides is 1. The molecule has 0 fully saturated rings. The van der Waals surface area contributed by atoms with Crippen LogP contribution in [0.15, 0.2) is 47.0 Å². The predicted molar refractivity (Wildman–Crippen MR) is 83.4 cm³/mol. The second-order valence-corrected chi connectivity index (χ2v) is 5.27. The van der Waals surface area contributed by atoms with Crippen molar-refractivity contribution >= 4 is 5.91 Å². The number of fused-ring (bicyclic) bond motifs is 1. The van der Waals surface area contributed by atoms with Crippen LogP contribution < -0.4 is 14.8 Å². The van der Waals surface area contributed by atoms with E-state index in [9.17, 15) is 9.18 Å². The summed E-state index contributed by atoms with van der Waals surface area (Å²) in [5.74, 6) is 1.16. The summed E-state index contributed by atoms with van der Waals surface area (Å²) in [6.45, 7) is 0.249. The molecule has 1 amide bonds. The first-order valence-corrected chi connectivity index (χ1v) is 7.45. The van der Waals surface area contributed by atoms with Gasteiger partial charge in [0.05, 0.1) is 6.54 Å². The first-order valence-electron chi connectivity index (χ1n) is 7.45. The quantitative estimate of drug-likeness (QED) is 0.785. The molecule has 1 aliphatic heterocycles. The number of nitrogens with zero attached hydrogens (tertiary/aromatic N) is 2. The molecule has 1 aromatic heterocycles. The number of halogens is 1. The molecule has 0 aliphatic carbocycles. The smallest absolute Gasteiger partial charge is 0.251 e. The maximum atomic E-state index is 12.9. The molecule has 0 atom stereocenters. The average molecular weight is 341 g/mol. The predicted octanol–water partition coefficient (Wildman–Crippen LogP) is 2.53. The van der Waals surface area contributed by atoms with Crippen LogP contribution in [0, 0.1) is 5.82 Å². The van der Waals surface area contributed by atoms with E-state index in [1.54, 1.807) is 18.2 Å². The van der Waals surface area contributed by atoms with E-state index in [1.165, 1.54) is 24.3 Å². The zero-order chi connectivity index (χ0) is 17.2. The fraction of sp³-hybridized carbons (Fsp3) is 0.118. The van der Waals surface area contributed by atoms with Gasteiger partial charge in [0, 0.05) is 11.1 Å². The van der Waals surface area contributed by atoms with Crippen LogP contribution >= 0.6 is 0 Å². The van der Waals surface area contributed by atoms with Crippen LogP contribution in [0.5, 0.6) is 11.5 Å². The largest absolute Gasteiger partial charge is 0.454 e. The fourth-order valence-corrected chi connectivity index (χ4v) is 2.34. The Hall–Kier alpha value is -3.42. The van der Waals surface area contributed by atoms with Gasteiger partial charge in [-0.15, -0.1) is 0 Å². The second-order valence-electron chi connectivity index (χ2n) is 5.27. The van der Waals surface area contributed by atoms with Crippen molar-refractivity contribution in [1.29, 1.82) is 0 Å². The molecular weight excluding hydrogens is 329 g/mol. The molecule has 2 aromatic carbocycles. The Morgan fingerprint density at radius 1 is 1.12 bits per heavy atom. The van der Waals surface area contributed by atoms with Crippen molar-refractivity contribution in [2.45, 2.75) is 6.54 Å². The van der Waals surface area contributed by atoms with Crippen LogP contribution in [0.3, 0.4) is 0 Å². The van der Waals surface area contributed by atoms with Crippen LogP contribution in [0.1, 0.15) is 16.2 Å². The third-order valence-electron chi connectivity index (χ3n) is 3.61. The van der Waals surface area contributed by atoms with Gasteiger partial charge >= 0.3 is 0 Å². The Kier molecular flexibility index (Phi) is 3.77. The molecule has 0 unspecified atom stereocenters. The van der Waals surface area contributed by atoms with E-state index < -0.39 is 5.82 Å². The zero-order valence-electron chi connectivity index (χ0n) is 12.9. The number of hydrogen-bond acceptors (Lipinski definition) is 6. The topological polar surface area (TPSA) is 86.5 Å². The van der Waals surface area contributed by atoms with Crippen molar-refractivity contribution in [3.05, 3.63) is 59.7 Å². The van der Waals surface area contributed by atoms with Crippen molar-refractivity contribution in [1.82, 2.24) is 15.5 Å². The second kappa shape index (κ2) is 6.23. The molecule has 0 spiro atoms. The summed E-state index contributed by atoms with van der Waals surface area (Å²) in [6.07, 6.45) is 0. The van der Waals surface area contributed by atoms with E-state index in [2.05, 4.69) is 15.5 Å². The van der Waals surface area contributed by atoms with Gasteiger partial charge in [0.1, 0.15) is 5.82 Å². The highest BCUT2D eigenvalue weighted by Crippen LogP contribution is 2.35. The Balaban J connectivity index is 1.43. The summed E-state index contributed by atoms with van der Waals surface area (Å²) < 4.78 is 28.6. The van der Waals surface area contributed by atoms with Crippen molar-refractivity contribution in [2.75, 3.05) is 6.79 Å². The van der Waals surface area contributed by atoms with Gasteiger partial charge < -0.3 is 19.3 Å². The van der Waals surface area contributed by atoms with Gasteiger partial charge in [-0.3, -0.25) is 4.79 Å². The summed E-state index contributed by atoms with van der Waals surface area (Å²) in [6, 6.07) is 10.6. The fourth-order valence-electron chi connectivity index (χ4n) is 2.34. The molecule has 0 saturated carbocycles. The molecule has 25 heavy (non-hydrogen) atoms. The van der Waals surface area contributed by atoms with Crippen molar-refractivity contribution < 1.29 is 23.2 Å². The first-order chi connectivity index (χ1) is 12.2. The van der Waals surface area contributed by atoms with E-state index >= 15 is 0 Å². The minimum absolute atomic E-state index is 0.0633. The number of carbonyl (C=O) groups excluding carboxylic acids is 1. The number of ether oxygens (including phenoxy) is 2. The van der Waals surface area contributed by atoms with E-state index in [0.717, 1.165) is 0 Å². The van der Waals surface area contributed by atoms with Gasteiger partial charge in [0.15, 0.2) is 11.5 Å². The highest BCUT2D eigenvalue weighted by Gasteiger charge is 2.17. The lowest BCUT2D eigenvalue weighted by Crippen LogP contribution is -2.22. The third kappa shape index (κ3) is 3.14. The Bertz CT molecular complexity index is 924. The summed E-state index contributed by atoms with van der Waals surface area (Å²) in [4.78, 5) is 16.2. The molecule has 7 nitrogen and oxygen atoms in total. The molecular formula is C17H12FN3O4. The third-order valence-corrected chi connectivity index (χ3v) is 3.61. The highest BCUT2D eigenvalue weighted by molar-refractivity contribution is 5.94. The lowest BCUT2D eigenvalue weighted by atomic mass is 10.2. The monoisotopic (exact) mass is 341 g/mol. The molecule has 1 aliphatic rings. The van der Waals surface area contributed by atoms with Crippen LogP contribution in [-0.4, -0.2) is 22.8 Å². The van der Waals surface area contributed by atoms with E-state index in [-0.39, 0.29) is 25.1 Å². The van der Waals surface area contributed by atoms with Crippen LogP contribution in [0.25, 0.3) is 11.4 Å². The number of nitrogens with one attached hydrogen (secondary N) is 1. The molecule has 0 radical (unpaired) electrons. The van der Waals surface area contributed by atoms with Gasteiger partial charge in [0.2, 0.25) is 18.5 Å². The molecule has 0 saturated heterocycles.